The van der Waals surface area contributed by atoms with Gasteiger partial charge in [0.1, 0.15) is 0 Å². The van der Waals surface area contributed by atoms with Gasteiger partial charge in [-0.25, -0.2) is 0 Å². The molecule has 1 aliphatic carbocycles. The van der Waals surface area contributed by atoms with Crippen LogP contribution in [0.1, 0.15) is 72.6 Å². The van der Waals surface area contributed by atoms with Gasteiger partial charge in [-0.05, 0) is 42.9 Å². The summed E-state index contributed by atoms with van der Waals surface area (Å²) in [4.78, 5) is 0. The fourth-order valence-corrected chi connectivity index (χ4v) is 2.76. The molecule has 4 atom stereocenters. The highest BCUT2D eigenvalue weighted by Gasteiger charge is 2.37. The van der Waals surface area contributed by atoms with E-state index in [1.165, 1.54) is 38.5 Å². The molecule has 1 saturated carbocycles. The molecule has 1 aliphatic rings. The van der Waals surface area contributed by atoms with Gasteiger partial charge in [0.2, 0.25) is 0 Å². The first-order valence-corrected chi connectivity index (χ1v) is 7.17. The van der Waals surface area contributed by atoms with E-state index >= 15 is 0 Å². The zero-order valence-electron chi connectivity index (χ0n) is 11.3. The maximum atomic E-state index is 2.45. The largest absolute Gasteiger partial charge is 0.0654 e. The molecule has 0 heteroatoms. The summed E-state index contributed by atoms with van der Waals surface area (Å²) in [5.74, 6) is 4.15. The van der Waals surface area contributed by atoms with Crippen LogP contribution in [0.3, 0.4) is 0 Å². The lowest BCUT2D eigenvalue weighted by Crippen LogP contribution is -1.99. The Morgan fingerprint density at radius 3 is 2.13 bits per heavy atom. The van der Waals surface area contributed by atoms with Crippen LogP contribution in [0.15, 0.2) is 0 Å². The number of hydrogen-bond donors (Lipinski definition) is 0. The second-order valence-corrected chi connectivity index (χ2v) is 5.99. The van der Waals surface area contributed by atoms with E-state index in [1.807, 2.05) is 0 Å². The van der Waals surface area contributed by atoms with Crippen molar-refractivity contribution in [3.8, 4) is 0 Å². The molecule has 1 fully saturated rings. The van der Waals surface area contributed by atoms with Crippen LogP contribution in [0, 0.1) is 23.7 Å². The predicted molar refractivity (Wildman–Crippen MR) is 69.0 cm³/mol. The molecule has 0 radical (unpaired) electrons. The molecule has 4 unspecified atom stereocenters. The quantitative estimate of drug-likeness (QED) is 0.511. The summed E-state index contributed by atoms with van der Waals surface area (Å²) in [6.45, 7) is 9.49. The number of unbranched alkanes of at least 4 members (excludes halogenated alkanes) is 1. The van der Waals surface area contributed by atoms with Gasteiger partial charge < -0.3 is 0 Å². The monoisotopic (exact) mass is 210 g/mol. The summed E-state index contributed by atoms with van der Waals surface area (Å²) in [6, 6.07) is 0. The molecule has 0 aromatic heterocycles. The van der Waals surface area contributed by atoms with E-state index in [0.29, 0.717) is 0 Å². The fraction of sp³-hybridized carbons (Fsp3) is 1.00. The lowest BCUT2D eigenvalue weighted by Gasteiger charge is -2.11. The molecule has 0 amide bonds. The van der Waals surface area contributed by atoms with Crippen molar-refractivity contribution in [2.45, 2.75) is 72.6 Å². The zero-order valence-corrected chi connectivity index (χ0v) is 11.3. The van der Waals surface area contributed by atoms with Crippen molar-refractivity contribution in [3.05, 3.63) is 0 Å². The number of rotatable bonds is 8. The Labute approximate surface area is 96.8 Å². The van der Waals surface area contributed by atoms with E-state index in [2.05, 4.69) is 27.7 Å². The van der Waals surface area contributed by atoms with Gasteiger partial charge in [0.15, 0.2) is 0 Å². The average molecular weight is 210 g/mol. The molecule has 0 aliphatic heterocycles. The second-order valence-electron chi connectivity index (χ2n) is 5.99. The van der Waals surface area contributed by atoms with Gasteiger partial charge in [-0.1, -0.05) is 53.4 Å². The fourth-order valence-electron chi connectivity index (χ4n) is 2.76. The summed E-state index contributed by atoms with van der Waals surface area (Å²) < 4.78 is 0. The zero-order chi connectivity index (χ0) is 11.3. The topological polar surface area (TPSA) is 0 Å². The summed E-state index contributed by atoms with van der Waals surface area (Å²) in [7, 11) is 0. The van der Waals surface area contributed by atoms with E-state index in [0.717, 1.165) is 23.7 Å². The minimum absolute atomic E-state index is 0.964. The third kappa shape index (κ3) is 5.04. The van der Waals surface area contributed by atoms with Gasteiger partial charge in [-0.3, -0.25) is 0 Å². The Morgan fingerprint density at radius 1 is 1.00 bits per heavy atom. The van der Waals surface area contributed by atoms with Crippen molar-refractivity contribution in [3.63, 3.8) is 0 Å². The van der Waals surface area contributed by atoms with Crippen LogP contribution in [0.2, 0.25) is 0 Å². The molecule has 15 heavy (non-hydrogen) atoms. The molecular formula is C15H30. The van der Waals surface area contributed by atoms with Crippen LogP contribution in [0.5, 0.6) is 0 Å². The van der Waals surface area contributed by atoms with Gasteiger partial charge >= 0.3 is 0 Å². The molecule has 1 rings (SSSR count). The van der Waals surface area contributed by atoms with Crippen molar-refractivity contribution >= 4 is 0 Å². The summed E-state index contributed by atoms with van der Waals surface area (Å²) in [6.07, 6.45) is 10.2. The average Bonchev–Trinajstić information content (AvgIpc) is 2.93. The van der Waals surface area contributed by atoms with Gasteiger partial charge in [0.25, 0.3) is 0 Å². The molecule has 0 saturated heterocycles. The molecular weight excluding hydrogens is 180 g/mol. The van der Waals surface area contributed by atoms with Crippen LogP contribution in [-0.4, -0.2) is 0 Å². The molecule has 0 spiro atoms. The third-order valence-electron chi connectivity index (χ3n) is 4.23. The van der Waals surface area contributed by atoms with Gasteiger partial charge in [0, 0.05) is 0 Å². The molecule has 0 aromatic rings. The highest BCUT2D eigenvalue weighted by Crippen LogP contribution is 2.47. The van der Waals surface area contributed by atoms with Crippen LogP contribution in [0.4, 0.5) is 0 Å². The SMILES string of the molecule is CCCCC(C)CC1CC1CC(C)CC. The first-order valence-electron chi connectivity index (χ1n) is 7.17. The van der Waals surface area contributed by atoms with E-state index in [9.17, 15) is 0 Å². The van der Waals surface area contributed by atoms with E-state index in [4.69, 9.17) is 0 Å². The molecule has 0 N–H and O–H groups in total. The van der Waals surface area contributed by atoms with Crippen molar-refractivity contribution in [1.82, 2.24) is 0 Å². The first kappa shape index (κ1) is 13.1. The minimum atomic E-state index is 0.964. The second kappa shape index (κ2) is 6.55. The van der Waals surface area contributed by atoms with Crippen molar-refractivity contribution < 1.29 is 0 Å². The maximum Gasteiger partial charge on any atom is -0.0380 e. The molecule has 0 heterocycles. The van der Waals surface area contributed by atoms with Crippen LogP contribution in [0.25, 0.3) is 0 Å². The Bertz CT molecular complexity index is 161. The lowest BCUT2D eigenvalue weighted by atomic mass is 9.95. The van der Waals surface area contributed by atoms with E-state index in [1.54, 1.807) is 6.42 Å². The Hall–Kier alpha value is 0. The van der Waals surface area contributed by atoms with Gasteiger partial charge in [-0.2, -0.15) is 0 Å². The van der Waals surface area contributed by atoms with E-state index < -0.39 is 0 Å². The Balaban J connectivity index is 2.05. The van der Waals surface area contributed by atoms with Gasteiger partial charge in [0.05, 0.1) is 0 Å². The lowest BCUT2D eigenvalue weighted by molar-refractivity contribution is 0.405. The van der Waals surface area contributed by atoms with Crippen LogP contribution >= 0.6 is 0 Å². The standard InChI is InChI=1S/C15H30/c1-5-7-8-13(4)10-15-11-14(15)9-12(3)6-2/h12-15H,5-11H2,1-4H3. The highest BCUT2D eigenvalue weighted by molar-refractivity contribution is 4.87. The normalized spacial score (nSPS) is 28.8. The van der Waals surface area contributed by atoms with E-state index in [-0.39, 0.29) is 0 Å². The van der Waals surface area contributed by atoms with Crippen molar-refractivity contribution in [2.24, 2.45) is 23.7 Å². The molecule has 90 valence electrons. The smallest absolute Gasteiger partial charge is 0.0380 e. The maximum absolute atomic E-state index is 2.45. The Morgan fingerprint density at radius 2 is 1.60 bits per heavy atom. The van der Waals surface area contributed by atoms with Crippen LogP contribution < -0.4 is 0 Å². The summed E-state index contributed by atoms with van der Waals surface area (Å²) in [5, 5.41) is 0. The predicted octanol–water partition coefficient (Wildman–Crippen LogP) is 5.28. The van der Waals surface area contributed by atoms with Crippen molar-refractivity contribution in [1.29, 1.82) is 0 Å². The Kier molecular flexibility index (Phi) is 5.71. The minimum Gasteiger partial charge on any atom is -0.0654 e. The highest BCUT2D eigenvalue weighted by atomic mass is 14.4. The summed E-state index contributed by atoms with van der Waals surface area (Å²) in [5.41, 5.74) is 0. The van der Waals surface area contributed by atoms with Crippen LogP contribution in [-0.2, 0) is 0 Å². The molecule has 0 nitrogen and oxygen atoms in total. The third-order valence-corrected chi connectivity index (χ3v) is 4.23. The van der Waals surface area contributed by atoms with Gasteiger partial charge in [-0.15, -0.1) is 0 Å². The molecule has 0 aromatic carbocycles. The number of hydrogen-bond acceptors (Lipinski definition) is 0. The summed E-state index contributed by atoms with van der Waals surface area (Å²) >= 11 is 0. The first-order chi connectivity index (χ1) is 7.17. The van der Waals surface area contributed by atoms with Crippen molar-refractivity contribution in [2.75, 3.05) is 0 Å². The molecule has 0 bridgehead atoms.